The summed E-state index contributed by atoms with van der Waals surface area (Å²) in [4.78, 5) is 0. The van der Waals surface area contributed by atoms with Crippen LogP contribution in [0.2, 0.25) is 0 Å². The van der Waals surface area contributed by atoms with Crippen molar-refractivity contribution in [3.63, 3.8) is 0 Å². The number of hydrogen-bond donors (Lipinski definition) is 0. The van der Waals surface area contributed by atoms with E-state index in [2.05, 4.69) is 0 Å². The molecule has 0 bridgehead atoms. The maximum atomic E-state index is 12.8. The lowest BCUT2D eigenvalue weighted by Gasteiger charge is -2.17. The Bertz CT molecular complexity index is 672. The molecule has 0 aliphatic carbocycles. The molecule has 0 heterocycles. The highest BCUT2D eigenvalue weighted by atomic mass is 31.2. The summed E-state index contributed by atoms with van der Waals surface area (Å²) in [5.41, 5.74) is 2.07. The van der Waals surface area contributed by atoms with Crippen molar-refractivity contribution in [1.29, 1.82) is 0 Å². The van der Waals surface area contributed by atoms with Gasteiger partial charge in [0.1, 0.15) is 12.4 Å². The number of methoxy groups -OCH3 is 1. The van der Waals surface area contributed by atoms with Crippen LogP contribution in [0.3, 0.4) is 0 Å². The predicted octanol–water partition coefficient (Wildman–Crippen LogP) is 4.27. The SMILES string of the molecule is CCOP(=O)(OCC)c1ccc(-c2ccc(OCCOC)cc2)cc1. The molecule has 0 aliphatic heterocycles. The minimum atomic E-state index is -3.24. The van der Waals surface area contributed by atoms with E-state index in [1.807, 2.05) is 36.4 Å². The molecule has 0 radical (unpaired) electrons. The minimum absolute atomic E-state index is 0.337. The van der Waals surface area contributed by atoms with E-state index in [9.17, 15) is 4.57 Å². The Labute approximate surface area is 149 Å². The molecule has 0 aromatic heterocycles. The first-order valence-corrected chi connectivity index (χ1v) is 9.89. The van der Waals surface area contributed by atoms with Crippen molar-refractivity contribution >= 4 is 12.9 Å². The van der Waals surface area contributed by atoms with Crippen LogP contribution >= 0.6 is 7.60 Å². The summed E-state index contributed by atoms with van der Waals surface area (Å²) in [7, 11) is -1.59. The Hall–Kier alpha value is -1.65. The molecule has 0 unspecified atom stereocenters. The van der Waals surface area contributed by atoms with Gasteiger partial charge in [0.2, 0.25) is 0 Å². The normalized spacial score (nSPS) is 11.5. The summed E-state index contributed by atoms with van der Waals surface area (Å²) in [6.07, 6.45) is 0. The van der Waals surface area contributed by atoms with Crippen LogP contribution in [-0.2, 0) is 18.3 Å². The summed E-state index contributed by atoms with van der Waals surface area (Å²) < 4.78 is 34.0. The first-order chi connectivity index (χ1) is 12.1. The molecule has 0 atom stereocenters. The molecular weight excluding hydrogens is 339 g/mol. The Balaban J connectivity index is 2.12. The van der Waals surface area contributed by atoms with Gasteiger partial charge in [-0.2, -0.15) is 0 Å². The van der Waals surface area contributed by atoms with Crippen LogP contribution in [-0.4, -0.2) is 33.5 Å². The summed E-state index contributed by atoms with van der Waals surface area (Å²) in [5, 5.41) is 0.569. The topological polar surface area (TPSA) is 54.0 Å². The van der Waals surface area contributed by atoms with Crippen molar-refractivity contribution in [2.75, 3.05) is 33.5 Å². The van der Waals surface area contributed by atoms with E-state index in [4.69, 9.17) is 18.5 Å². The van der Waals surface area contributed by atoms with Crippen molar-refractivity contribution in [3.05, 3.63) is 48.5 Å². The second kappa shape index (κ2) is 9.73. The first-order valence-electron chi connectivity index (χ1n) is 8.35. The van der Waals surface area contributed by atoms with E-state index in [1.54, 1.807) is 33.1 Å². The molecule has 136 valence electrons. The molecule has 0 spiro atoms. The van der Waals surface area contributed by atoms with E-state index in [-0.39, 0.29) is 0 Å². The second-order valence-corrected chi connectivity index (χ2v) is 7.27. The van der Waals surface area contributed by atoms with Crippen molar-refractivity contribution in [3.8, 4) is 16.9 Å². The van der Waals surface area contributed by atoms with Crippen molar-refractivity contribution in [2.45, 2.75) is 13.8 Å². The van der Waals surface area contributed by atoms with Gasteiger partial charge in [0.25, 0.3) is 0 Å². The van der Waals surface area contributed by atoms with Gasteiger partial charge in [-0.15, -0.1) is 0 Å². The zero-order valence-electron chi connectivity index (χ0n) is 14.9. The third kappa shape index (κ3) is 5.41. The quantitative estimate of drug-likeness (QED) is 0.465. The fourth-order valence-corrected chi connectivity index (χ4v) is 3.92. The van der Waals surface area contributed by atoms with E-state index < -0.39 is 7.60 Å². The van der Waals surface area contributed by atoms with Gasteiger partial charge < -0.3 is 18.5 Å². The van der Waals surface area contributed by atoms with Crippen LogP contribution in [0.15, 0.2) is 48.5 Å². The van der Waals surface area contributed by atoms with Gasteiger partial charge in [-0.3, -0.25) is 4.57 Å². The third-order valence-corrected chi connectivity index (χ3v) is 5.65. The number of benzene rings is 2. The molecule has 2 aromatic rings. The number of rotatable bonds is 10. The highest BCUT2D eigenvalue weighted by Gasteiger charge is 2.26. The highest BCUT2D eigenvalue weighted by Crippen LogP contribution is 2.46. The molecule has 2 rings (SSSR count). The van der Waals surface area contributed by atoms with Gasteiger partial charge in [-0.25, -0.2) is 0 Å². The Morgan fingerprint density at radius 3 is 1.80 bits per heavy atom. The maximum absolute atomic E-state index is 12.8. The van der Waals surface area contributed by atoms with E-state index >= 15 is 0 Å². The summed E-state index contributed by atoms with van der Waals surface area (Å²) in [6, 6.07) is 15.2. The van der Waals surface area contributed by atoms with Gasteiger partial charge in [0.05, 0.1) is 25.1 Å². The van der Waals surface area contributed by atoms with Crippen LogP contribution in [0, 0.1) is 0 Å². The van der Waals surface area contributed by atoms with Gasteiger partial charge >= 0.3 is 7.60 Å². The van der Waals surface area contributed by atoms with Crippen LogP contribution in [0.1, 0.15) is 13.8 Å². The lowest BCUT2D eigenvalue weighted by Crippen LogP contribution is -2.10. The smallest absolute Gasteiger partial charge is 0.361 e. The molecule has 5 nitrogen and oxygen atoms in total. The Kier molecular flexibility index (Phi) is 7.66. The molecule has 0 aliphatic rings. The monoisotopic (exact) mass is 364 g/mol. The summed E-state index contributed by atoms with van der Waals surface area (Å²) >= 11 is 0. The number of ether oxygens (including phenoxy) is 2. The van der Waals surface area contributed by atoms with Crippen LogP contribution in [0.5, 0.6) is 5.75 Å². The molecule has 0 fully saturated rings. The summed E-state index contributed by atoms with van der Waals surface area (Å²) in [6.45, 7) is 5.36. The van der Waals surface area contributed by atoms with Crippen LogP contribution in [0.4, 0.5) is 0 Å². The second-order valence-electron chi connectivity index (χ2n) is 5.25. The van der Waals surface area contributed by atoms with E-state index in [1.165, 1.54) is 0 Å². The van der Waals surface area contributed by atoms with Crippen molar-refractivity contribution < 1.29 is 23.1 Å². The molecule has 0 saturated carbocycles. The fraction of sp³-hybridized carbons (Fsp3) is 0.368. The molecule has 25 heavy (non-hydrogen) atoms. The van der Waals surface area contributed by atoms with Gasteiger partial charge in [0.15, 0.2) is 0 Å². The van der Waals surface area contributed by atoms with Crippen molar-refractivity contribution in [2.24, 2.45) is 0 Å². The maximum Gasteiger partial charge on any atom is 0.361 e. The van der Waals surface area contributed by atoms with E-state index in [0.717, 1.165) is 16.9 Å². The standard InChI is InChI=1S/C19H25O5P/c1-4-23-25(20,24-5-2)19-12-8-17(9-13-19)16-6-10-18(11-7-16)22-15-14-21-3/h6-13H,4-5,14-15H2,1-3H3. The van der Waals surface area contributed by atoms with Gasteiger partial charge in [-0.05, 0) is 49.2 Å². The van der Waals surface area contributed by atoms with Gasteiger partial charge in [-0.1, -0.05) is 24.3 Å². The predicted molar refractivity (Wildman–Crippen MR) is 99.7 cm³/mol. The average molecular weight is 364 g/mol. The van der Waals surface area contributed by atoms with Gasteiger partial charge in [0, 0.05) is 7.11 Å². The lowest BCUT2D eigenvalue weighted by atomic mass is 10.1. The molecule has 2 aromatic carbocycles. The van der Waals surface area contributed by atoms with Crippen LogP contribution in [0.25, 0.3) is 11.1 Å². The highest BCUT2D eigenvalue weighted by molar-refractivity contribution is 7.62. The zero-order chi connectivity index (χ0) is 18.1. The van der Waals surface area contributed by atoms with Crippen molar-refractivity contribution in [1.82, 2.24) is 0 Å². The van der Waals surface area contributed by atoms with Crippen LogP contribution < -0.4 is 10.0 Å². The van der Waals surface area contributed by atoms with E-state index in [0.29, 0.717) is 31.7 Å². The Morgan fingerprint density at radius 1 is 0.800 bits per heavy atom. The molecule has 6 heteroatoms. The summed E-state index contributed by atoms with van der Waals surface area (Å²) in [5.74, 6) is 0.801. The molecule has 0 amide bonds. The largest absolute Gasteiger partial charge is 0.491 e. The Morgan fingerprint density at radius 2 is 1.32 bits per heavy atom. The third-order valence-electron chi connectivity index (χ3n) is 3.53. The first kappa shape index (κ1) is 19.7. The zero-order valence-corrected chi connectivity index (χ0v) is 15.8. The number of hydrogen-bond acceptors (Lipinski definition) is 5. The molecule has 0 N–H and O–H groups in total. The fourth-order valence-electron chi connectivity index (χ4n) is 2.35. The average Bonchev–Trinajstić information content (AvgIpc) is 2.63. The molecule has 0 saturated heterocycles. The minimum Gasteiger partial charge on any atom is -0.491 e. The molecular formula is C19H25O5P. The lowest BCUT2D eigenvalue weighted by molar-refractivity contribution is 0.146.